The summed E-state index contributed by atoms with van der Waals surface area (Å²) in [6.45, 7) is 1.36. The average molecular weight is 384 g/mol. The molecule has 0 heterocycles. The van der Waals surface area contributed by atoms with E-state index in [1.165, 1.54) is 37.4 Å². The number of carbonyl (C=O) groups excluding carboxylic acids is 1. The molecule has 6 nitrogen and oxygen atoms in total. The van der Waals surface area contributed by atoms with Crippen LogP contribution in [0.5, 0.6) is 5.75 Å². The SMILES string of the molecule is CCOC(=O)CN(c1cccc(OC)c1)S(=O)(=O)c1ccc(Cl)cc1. The lowest BCUT2D eigenvalue weighted by Gasteiger charge is -2.24. The summed E-state index contributed by atoms with van der Waals surface area (Å²) >= 11 is 5.82. The fraction of sp³-hybridized carbons (Fsp3) is 0.235. The summed E-state index contributed by atoms with van der Waals surface area (Å²) in [4.78, 5) is 12.0. The van der Waals surface area contributed by atoms with Crippen molar-refractivity contribution in [1.82, 2.24) is 0 Å². The first kappa shape index (κ1) is 19.1. The molecule has 2 aromatic carbocycles. The fourth-order valence-electron chi connectivity index (χ4n) is 2.14. The second kappa shape index (κ2) is 8.22. The molecule has 8 heteroatoms. The number of carbonyl (C=O) groups is 1. The molecule has 0 unspecified atom stereocenters. The second-order valence-electron chi connectivity index (χ2n) is 4.97. The molecule has 0 amide bonds. The molecule has 0 N–H and O–H groups in total. The van der Waals surface area contributed by atoms with Crippen molar-refractivity contribution in [2.75, 3.05) is 24.6 Å². The lowest BCUT2D eigenvalue weighted by molar-refractivity contribution is -0.141. The molecule has 0 atom stereocenters. The number of halogens is 1. The molecule has 0 radical (unpaired) electrons. The van der Waals surface area contributed by atoms with Crippen LogP contribution >= 0.6 is 11.6 Å². The molecule has 2 rings (SSSR count). The van der Waals surface area contributed by atoms with Crippen LogP contribution in [0.2, 0.25) is 5.02 Å². The Labute approximate surface area is 152 Å². The number of anilines is 1. The number of ether oxygens (including phenoxy) is 2. The van der Waals surface area contributed by atoms with Gasteiger partial charge in [0.05, 0.1) is 24.3 Å². The van der Waals surface area contributed by atoms with Gasteiger partial charge in [0.2, 0.25) is 0 Å². The normalized spacial score (nSPS) is 11.0. The van der Waals surface area contributed by atoms with E-state index in [2.05, 4.69) is 0 Å². The zero-order valence-corrected chi connectivity index (χ0v) is 15.4. The minimum absolute atomic E-state index is 0.0176. The standard InChI is InChI=1S/C17H18ClNO5S/c1-3-24-17(20)12-19(14-5-4-6-15(11-14)23-2)25(21,22)16-9-7-13(18)8-10-16/h4-11H,3,12H2,1-2H3. The van der Waals surface area contributed by atoms with Gasteiger partial charge in [-0.2, -0.15) is 0 Å². The maximum absolute atomic E-state index is 13.0. The van der Waals surface area contributed by atoms with Crippen molar-refractivity contribution in [3.63, 3.8) is 0 Å². The predicted molar refractivity (Wildman–Crippen MR) is 95.6 cm³/mol. The van der Waals surface area contributed by atoms with Gasteiger partial charge in [0.25, 0.3) is 10.0 Å². The number of esters is 1. The van der Waals surface area contributed by atoms with Crippen molar-refractivity contribution in [2.24, 2.45) is 0 Å². The number of benzene rings is 2. The lowest BCUT2D eigenvalue weighted by atomic mass is 10.3. The molecule has 0 aliphatic heterocycles. The van der Waals surface area contributed by atoms with E-state index in [9.17, 15) is 13.2 Å². The first-order valence-electron chi connectivity index (χ1n) is 7.46. The van der Waals surface area contributed by atoms with Crippen LogP contribution in [-0.4, -0.2) is 34.6 Å². The number of rotatable bonds is 7. The Hall–Kier alpha value is -2.25. The second-order valence-corrected chi connectivity index (χ2v) is 7.27. The van der Waals surface area contributed by atoms with Crippen molar-refractivity contribution in [3.05, 3.63) is 53.6 Å². The first-order valence-corrected chi connectivity index (χ1v) is 9.28. The molecular weight excluding hydrogens is 366 g/mol. The summed E-state index contributed by atoms with van der Waals surface area (Å²) in [5.74, 6) is -0.180. The van der Waals surface area contributed by atoms with Crippen LogP contribution in [0, 0.1) is 0 Å². The van der Waals surface area contributed by atoms with E-state index in [1.54, 1.807) is 25.1 Å². The van der Waals surface area contributed by atoms with Gasteiger partial charge in [0, 0.05) is 11.1 Å². The smallest absolute Gasteiger partial charge is 0.326 e. The summed E-state index contributed by atoms with van der Waals surface area (Å²) in [7, 11) is -2.52. The van der Waals surface area contributed by atoms with Gasteiger partial charge in [-0.25, -0.2) is 8.42 Å². The van der Waals surface area contributed by atoms with Gasteiger partial charge in [0.15, 0.2) is 0 Å². The van der Waals surface area contributed by atoms with Crippen LogP contribution in [0.1, 0.15) is 6.92 Å². The van der Waals surface area contributed by atoms with Crippen LogP contribution in [-0.2, 0) is 19.6 Å². The zero-order chi connectivity index (χ0) is 18.4. The number of hydrogen-bond acceptors (Lipinski definition) is 5. The van der Waals surface area contributed by atoms with Gasteiger partial charge in [-0.3, -0.25) is 9.10 Å². The Bertz CT molecular complexity index is 836. The van der Waals surface area contributed by atoms with Crippen molar-refractivity contribution >= 4 is 33.3 Å². The van der Waals surface area contributed by atoms with Crippen molar-refractivity contribution < 1.29 is 22.7 Å². The third kappa shape index (κ3) is 4.64. The van der Waals surface area contributed by atoms with Crippen LogP contribution in [0.15, 0.2) is 53.4 Å². The predicted octanol–water partition coefficient (Wildman–Crippen LogP) is 3.11. The molecule has 0 bridgehead atoms. The van der Waals surface area contributed by atoms with E-state index >= 15 is 0 Å². The average Bonchev–Trinajstić information content (AvgIpc) is 2.60. The maximum atomic E-state index is 13.0. The van der Waals surface area contributed by atoms with Gasteiger partial charge < -0.3 is 9.47 Å². The van der Waals surface area contributed by atoms with E-state index in [0.29, 0.717) is 16.5 Å². The van der Waals surface area contributed by atoms with E-state index in [-0.39, 0.29) is 11.5 Å². The highest BCUT2D eigenvalue weighted by Crippen LogP contribution is 2.27. The Morgan fingerprint density at radius 1 is 1.16 bits per heavy atom. The zero-order valence-electron chi connectivity index (χ0n) is 13.8. The molecule has 2 aromatic rings. The molecule has 0 saturated heterocycles. The van der Waals surface area contributed by atoms with Crippen molar-refractivity contribution in [1.29, 1.82) is 0 Å². The van der Waals surface area contributed by atoms with Crippen LogP contribution in [0.4, 0.5) is 5.69 Å². The van der Waals surface area contributed by atoms with Gasteiger partial charge >= 0.3 is 5.97 Å². The third-order valence-corrected chi connectivity index (χ3v) is 5.36. The number of nitrogens with zero attached hydrogens (tertiary/aromatic N) is 1. The van der Waals surface area contributed by atoms with E-state index in [0.717, 1.165) is 4.31 Å². The molecule has 0 spiro atoms. The summed E-state index contributed by atoms with van der Waals surface area (Å²) < 4.78 is 37.1. The Balaban J connectivity index is 2.49. The molecule has 0 fully saturated rings. The highest BCUT2D eigenvalue weighted by molar-refractivity contribution is 7.92. The molecule has 25 heavy (non-hydrogen) atoms. The monoisotopic (exact) mass is 383 g/mol. The van der Waals surface area contributed by atoms with E-state index in [4.69, 9.17) is 21.1 Å². The van der Waals surface area contributed by atoms with Gasteiger partial charge in [-0.05, 0) is 43.3 Å². The summed E-state index contributed by atoms with van der Waals surface area (Å²) in [6, 6.07) is 12.2. The largest absolute Gasteiger partial charge is 0.497 e. The van der Waals surface area contributed by atoms with Gasteiger partial charge in [-0.1, -0.05) is 17.7 Å². The van der Waals surface area contributed by atoms with Crippen LogP contribution < -0.4 is 9.04 Å². The van der Waals surface area contributed by atoms with Crippen LogP contribution in [0.3, 0.4) is 0 Å². The highest BCUT2D eigenvalue weighted by atomic mass is 35.5. The van der Waals surface area contributed by atoms with Gasteiger partial charge in [-0.15, -0.1) is 0 Å². The summed E-state index contributed by atoms with van der Waals surface area (Å²) in [6.07, 6.45) is 0. The van der Waals surface area contributed by atoms with Crippen molar-refractivity contribution in [3.8, 4) is 5.75 Å². The lowest BCUT2D eigenvalue weighted by Crippen LogP contribution is -2.36. The van der Waals surface area contributed by atoms with Crippen LogP contribution in [0.25, 0.3) is 0 Å². The minimum atomic E-state index is -3.99. The molecular formula is C17H18ClNO5S. The number of methoxy groups -OCH3 is 1. The molecule has 0 aliphatic carbocycles. The number of hydrogen-bond donors (Lipinski definition) is 0. The van der Waals surface area contributed by atoms with Gasteiger partial charge in [0.1, 0.15) is 12.3 Å². The Morgan fingerprint density at radius 2 is 1.84 bits per heavy atom. The molecule has 0 aliphatic rings. The molecule has 0 aromatic heterocycles. The quantitative estimate of drug-likeness (QED) is 0.687. The Kier molecular flexibility index (Phi) is 6.27. The Morgan fingerprint density at radius 3 is 2.44 bits per heavy atom. The highest BCUT2D eigenvalue weighted by Gasteiger charge is 2.28. The maximum Gasteiger partial charge on any atom is 0.326 e. The topological polar surface area (TPSA) is 72.9 Å². The summed E-state index contributed by atoms with van der Waals surface area (Å²) in [5, 5.41) is 0.414. The molecule has 0 saturated carbocycles. The third-order valence-electron chi connectivity index (χ3n) is 3.32. The van der Waals surface area contributed by atoms with E-state index in [1.807, 2.05) is 0 Å². The van der Waals surface area contributed by atoms with E-state index < -0.39 is 22.5 Å². The minimum Gasteiger partial charge on any atom is -0.497 e. The summed E-state index contributed by atoms with van der Waals surface area (Å²) in [5.41, 5.74) is 0.294. The number of sulfonamides is 1. The van der Waals surface area contributed by atoms with Crippen molar-refractivity contribution in [2.45, 2.75) is 11.8 Å². The fourth-order valence-corrected chi connectivity index (χ4v) is 3.67. The first-order chi connectivity index (χ1) is 11.9. The molecule has 134 valence electrons.